The largest absolute Gasteiger partial charge is 0.574 e. The first-order chi connectivity index (χ1) is 9.97. The summed E-state index contributed by atoms with van der Waals surface area (Å²) in [6, 6.07) is 0.453. The van der Waals surface area contributed by atoms with Gasteiger partial charge < -0.3 is 9.47 Å². The van der Waals surface area contributed by atoms with E-state index in [4.69, 9.17) is 11.6 Å². The Bertz CT molecular complexity index is 558. The Labute approximate surface area is 125 Å². The fraction of sp³-hybridized carbons (Fsp3) is 0.455. The molecule has 11 heteroatoms. The quantitative estimate of drug-likeness (QED) is 0.473. The van der Waals surface area contributed by atoms with Gasteiger partial charge in [0.05, 0.1) is 30.7 Å². The van der Waals surface area contributed by atoms with Crippen LogP contribution in [0.25, 0.3) is 0 Å². The summed E-state index contributed by atoms with van der Waals surface area (Å²) in [4.78, 5) is 14.4. The first-order valence-electron chi connectivity index (χ1n) is 5.46. The molecular formula is C11H8ClF6NO3. The minimum absolute atomic E-state index is 0.453. The minimum atomic E-state index is -5.29. The number of methoxy groups -OCH3 is 1. The molecule has 1 heterocycles. The van der Waals surface area contributed by atoms with E-state index in [0.29, 0.717) is 6.07 Å². The molecule has 0 aliphatic rings. The van der Waals surface area contributed by atoms with Crippen molar-refractivity contribution in [2.75, 3.05) is 7.11 Å². The van der Waals surface area contributed by atoms with E-state index in [1.165, 1.54) is 0 Å². The maximum atomic E-state index is 13.0. The van der Waals surface area contributed by atoms with E-state index in [1.54, 1.807) is 0 Å². The zero-order chi connectivity index (χ0) is 17.1. The molecule has 0 spiro atoms. The molecule has 22 heavy (non-hydrogen) atoms. The molecule has 0 bridgehead atoms. The lowest BCUT2D eigenvalue weighted by molar-refractivity contribution is -0.276. The molecule has 124 valence electrons. The fourth-order valence-corrected chi connectivity index (χ4v) is 1.64. The van der Waals surface area contributed by atoms with E-state index in [-0.39, 0.29) is 0 Å². The number of ether oxygens (including phenoxy) is 2. The topological polar surface area (TPSA) is 48.4 Å². The summed E-state index contributed by atoms with van der Waals surface area (Å²) in [5.74, 6) is -3.14. The maximum Gasteiger partial charge on any atom is 0.574 e. The van der Waals surface area contributed by atoms with Crippen LogP contribution < -0.4 is 4.74 Å². The number of carbonyl (C=O) groups is 1. The van der Waals surface area contributed by atoms with Gasteiger partial charge in [0.1, 0.15) is 0 Å². The number of halogens is 7. The van der Waals surface area contributed by atoms with Gasteiger partial charge in [0, 0.05) is 5.56 Å². The second kappa shape index (κ2) is 6.59. The van der Waals surface area contributed by atoms with Crippen LogP contribution in [0.5, 0.6) is 5.88 Å². The van der Waals surface area contributed by atoms with E-state index in [2.05, 4.69) is 14.5 Å². The van der Waals surface area contributed by atoms with Crippen molar-refractivity contribution in [3.05, 3.63) is 22.9 Å². The highest BCUT2D eigenvalue weighted by molar-refractivity contribution is 6.16. The monoisotopic (exact) mass is 351 g/mol. The summed E-state index contributed by atoms with van der Waals surface area (Å²) in [7, 11) is 0.875. The second-order valence-electron chi connectivity index (χ2n) is 3.88. The average Bonchev–Trinajstić information content (AvgIpc) is 2.37. The highest BCUT2D eigenvalue weighted by atomic mass is 35.5. The summed E-state index contributed by atoms with van der Waals surface area (Å²) >= 11 is 5.32. The van der Waals surface area contributed by atoms with E-state index in [0.717, 1.165) is 7.11 Å². The number of pyridine rings is 1. The molecule has 0 aromatic carbocycles. The normalized spacial score (nSPS) is 12.2. The van der Waals surface area contributed by atoms with Crippen LogP contribution in [0.4, 0.5) is 26.3 Å². The predicted molar refractivity (Wildman–Crippen MR) is 61.2 cm³/mol. The average molecular weight is 352 g/mol. The Morgan fingerprint density at radius 1 is 1.27 bits per heavy atom. The number of nitrogens with zero attached hydrogens (tertiary/aromatic N) is 1. The van der Waals surface area contributed by atoms with Crippen molar-refractivity contribution in [2.24, 2.45) is 0 Å². The predicted octanol–water partition coefficient (Wildman–Crippen LogP) is 3.45. The third kappa shape index (κ3) is 4.93. The molecule has 0 saturated carbocycles. The smallest absolute Gasteiger partial charge is 0.469 e. The van der Waals surface area contributed by atoms with E-state index in [1.807, 2.05) is 0 Å². The lowest BCUT2D eigenvalue weighted by atomic mass is 10.0. The lowest BCUT2D eigenvalue weighted by Crippen LogP contribution is -2.23. The van der Waals surface area contributed by atoms with Crippen LogP contribution in [0.15, 0.2) is 6.07 Å². The minimum Gasteiger partial charge on any atom is -0.469 e. The Morgan fingerprint density at radius 2 is 1.86 bits per heavy atom. The molecule has 0 fully saturated rings. The summed E-state index contributed by atoms with van der Waals surface area (Å²) in [6.45, 7) is 0. The molecule has 1 aromatic heterocycles. The number of aromatic nitrogens is 1. The van der Waals surface area contributed by atoms with Crippen LogP contribution in [0.3, 0.4) is 0 Å². The van der Waals surface area contributed by atoms with Crippen LogP contribution in [-0.4, -0.2) is 24.4 Å². The van der Waals surface area contributed by atoms with Crippen molar-refractivity contribution in [1.29, 1.82) is 0 Å². The molecule has 1 aromatic rings. The van der Waals surface area contributed by atoms with Gasteiger partial charge in [-0.15, -0.1) is 24.8 Å². The number of alkyl halides is 7. The molecular weight excluding hydrogens is 344 g/mol. The van der Waals surface area contributed by atoms with Crippen LogP contribution in [0.2, 0.25) is 0 Å². The Morgan fingerprint density at radius 3 is 2.27 bits per heavy atom. The molecule has 0 amide bonds. The van der Waals surface area contributed by atoms with Crippen molar-refractivity contribution in [2.45, 2.75) is 24.8 Å². The summed E-state index contributed by atoms with van der Waals surface area (Å²) in [5, 5.41) is 0. The summed E-state index contributed by atoms with van der Waals surface area (Å²) < 4.78 is 83.5. The van der Waals surface area contributed by atoms with Gasteiger partial charge in [-0.2, -0.15) is 13.2 Å². The molecule has 1 rings (SSSR count). The Kier molecular flexibility index (Phi) is 5.49. The van der Waals surface area contributed by atoms with Crippen molar-refractivity contribution < 1.29 is 40.6 Å². The zero-order valence-electron chi connectivity index (χ0n) is 10.8. The number of esters is 1. The van der Waals surface area contributed by atoms with Gasteiger partial charge in [-0.25, -0.2) is 4.98 Å². The van der Waals surface area contributed by atoms with Gasteiger partial charge in [-0.1, -0.05) is 0 Å². The van der Waals surface area contributed by atoms with Crippen molar-refractivity contribution in [1.82, 2.24) is 4.98 Å². The van der Waals surface area contributed by atoms with Gasteiger partial charge in [0.15, 0.2) is 0 Å². The van der Waals surface area contributed by atoms with Crippen LogP contribution in [0.1, 0.15) is 16.8 Å². The fourth-order valence-electron chi connectivity index (χ4n) is 1.50. The highest BCUT2D eigenvalue weighted by Gasteiger charge is 2.40. The molecule has 4 nitrogen and oxygen atoms in total. The van der Waals surface area contributed by atoms with E-state index in [9.17, 15) is 31.1 Å². The van der Waals surface area contributed by atoms with Gasteiger partial charge in [0.2, 0.25) is 5.88 Å². The van der Waals surface area contributed by atoms with Gasteiger partial charge in [-0.05, 0) is 6.07 Å². The van der Waals surface area contributed by atoms with E-state index >= 15 is 0 Å². The molecule has 0 saturated heterocycles. The Hall–Kier alpha value is -1.71. The molecule has 0 radical (unpaired) electrons. The number of rotatable bonds is 4. The third-order valence-electron chi connectivity index (χ3n) is 2.34. The van der Waals surface area contributed by atoms with Crippen molar-refractivity contribution in [3.63, 3.8) is 0 Å². The first kappa shape index (κ1) is 18.3. The standard InChI is InChI=1S/C11H8ClF6NO3/c1-21-8(20)3-6-7(10(13,14)15)2-5(4-12)19-9(6)22-11(16,17)18/h2H,3-4H2,1H3. The van der Waals surface area contributed by atoms with E-state index < -0.39 is 53.5 Å². The first-order valence-corrected chi connectivity index (χ1v) is 6.00. The third-order valence-corrected chi connectivity index (χ3v) is 2.62. The Balaban J connectivity index is 3.52. The molecule has 0 aliphatic carbocycles. The second-order valence-corrected chi connectivity index (χ2v) is 4.14. The SMILES string of the molecule is COC(=O)Cc1c(C(F)(F)F)cc(CCl)nc1OC(F)(F)F. The number of hydrogen-bond acceptors (Lipinski definition) is 4. The molecule has 0 atom stereocenters. The van der Waals surface area contributed by atoms with Crippen LogP contribution in [-0.2, 0) is 28.0 Å². The van der Waals surface area contributed by atoms with Crippen molar-refractivity contribution in [3.8, 4) is 5.88 Å². The zero-order valence-corrected chi connectivity index (χ0v) is 11.6. The highest BCUT2D eigenvalue weighted by Crippen LogP contribution is 2.38. The lowest BCUT2D eigenvalue weighted by Gasteiger charge is -2.18. The summed E-state index contributed by atoms with van der Waals surface area (Å²) in [5.41, 5.74) is -3.06. The van der Waals surface area contributed by atoms with Gasteiger partial charge in [-0.3, -0.25) is 4.79 Å². The number of carbonyl (C=O) groups excluding carboxylic acids is 1. The van der Waals surface area contributed by atoms with Crippen LogP contribution in [0, 0.1) is 0 Å². The molecule has 0 aliphatic heterocycles. The number of hydrogen-bond donors (Lipinski definition) is 0. The molecule has 0 N–H and O–H groups in total. The summed E-state index contributed by atoms with van der Waals surface area (Å²) in [6.07, 6.45) is -11.4. The maximum absolute atomic E-state index is 13.0. The van der Waals surface area contributed by atoms with Crippen LogP contribution >= 0.6 is 11.6 Å². The van der Waals surface area contributed by atoms with Gasteiger partial charge >= 0.3 is 18.5 Å². The molecule has 0 unspecified atom stereocenters. The van der Waals surface area contributed by atoms with Crippen molar-refractivity contribution >= 4 is 17.6 Å². The van der Waals surface area contributed by atoms with Gasteiger partial charge in [0.25, 0.3) is 0 Å².